The number of benzene rings is 1. The number of phenolic OH excluding ortho intramolecular Hbond substituents is 1. The lowest BCUT2D eigenvalue weighted by Crippen LogP contribution is -2.45. The van der Waals surface area contributed by atoms with Gasteiger partial charge in [0.15, 0.2) is 0 Å². The van der Waals surface area contributed by atoms with Crippen molar-refractivity contribution in [2.75, 3.05) is 0 Å². The number of fused-ring (bicyclic) bond motifs is 3. The standard InChI is InChI=1S/C21H30O2/c1-5-6-7-8-15-12-18(22)20-16-11-14(2)9-10-17(16)21(3,4)23-19(20)13-15/h9-10,12-14,16-17,22H,5-8,11H2,1-4H3/t14-,16+,17+/m0/s1. The fraction of sp³-hybridized carbons (Fsp3) is 0.619. The van der Waals surface area contributed by atoms with Gasteiger partial charge < -0.3 is 9.84 Å². The Bertz CT molecular complexity index is 600. The Morgan fingerprint density at radius 2 is 2.00 bits per heavy atom. The lowest BCUT2D eigenvalue weighted by atomic mass is 9.67. The maximum Gasteiger partial charge on any atom is 0.127 e. The van der Waals surface area contributed by atoms with Gasteiger partial charge in [0.05, 0.1) is 0 Å². The average Bonchev–Trinajstić information content (AvgIpc) is 2.46. The summed E-state index contributed by atoms with van der Waals surface area (Å²) < 4.78 is 6.34. The molecule has 0 amide bonds. The molecule has 0 radical (unpaired) electrons. The van der Waals surface area contributed by atoms with Crippen LogP contribution in [-0.2, 0) is 6.42 Å². The molecule has 0 unspecified atom stereocenters. The van der Waals surface area contributed by atoms with E-state index in [1.807, 2.05) is 6.07 Å². The molecule has 1 aromatic carbocycles. The van der Waals surface area contributed by atoms with Gasteiger partial charge in [-0.05, 0) is 56.7 Å². The van der Waals surface area contributed by atoms with Crippen molar-refractivity contribution in [3.63, 3.8) is 0 Å². The number of rotatable bonds is 4. The number of allylic oxidation sites excluding steroid dienone is 1. The lowest BCUT2D eigenvalue weighted by Gasteiger charge is -2.46. The predicted molar refractivity (Wildman–Crippen MR) is 95.2 cm³/mol. The predicted octanol–water partition coefficient (Wildman–Crippen LogP) is 5.59. The van der Waals surface area contributed by atoms with Crippen LogP contribution in [0.15, 0.2) is 24.3 Å². The first-order valence-electron chi connectivity index (χ1n) is 9.15. The Balaban J connectivity index is 1.97. The summed E-state index contributed by atoms with van der Waals surface area (Å²) in [5, 5.41) is 10.7. The molecule has 2 nitrogen and oxygen atoms in total. The van der Waals surface area contributed by atoms with Crippen molar-refractivity contribution < 1.29 is 9.84 Å². The molecule has 0 spiro atoms. The Labute approximate surface area is 140 Å². The minimum atomic E-state index is -0.219. The monoisotopic (exact) mass is 314 g/mol. The maximum atomic E-state index is 10.7. The molecular formula is C21H30O2. The molecule has 1 N–H and O–H groups in total. The molecule has 1 aliphatic heterocycles. The quantitative estimate of drug-likeness (QED) is 0.579. The van der Waals surface area contributed by atoms with E-state index in [0.29, 0.717) is 23.5 Å². The summed E-state index contributed by atoms with van der Waals surface area (Å²) >= 11 is 0. The van der Waals surface area contributed by atoms with E-state index in [4.69, 9.17) is 4.74 Å². The van der Waals surface area contributed by atoms with Gasteiger partial charge in [0.1, 0.15) is 17.1 Å². The van der Waals surface area contributed by atoms with Crippen LogP contribution in [0.2, 0.25) is 0 Å². The Kier molecular flexibility index (Phi) is 4.44. The molecule has 1 heterocycles. The zero-order valence-corrected chi connectivity index (χ0v) is 14.9. The SMILES string of the molecule is CCCCCc1cc(O)c2c(c1)OC(C)(C)[C@@H]1C=C[C@H](C)C[C@@H]21. The van der Waals surface area contributed by atoms with Gasteiger partial charge in [0.25, 0.3) is 0 Å². The Morgan fingerprint density at radius 3 is 2.74 bits per heavy atom. The maximum absolute atomic E-state index is 10.7. The van der Waals surface area contributed by atoms with Crippen molar-refractivity contribution in [2.45, 2.75) is 71.3 Å². The molecule has 1 aromatic rings. The molecule has 1 aliphatic carbocycles. The number of hydrogen-bond donors (Lipinski definition) is 1. The summed E-state index contributed by atoms with van der Waals surface area (Å²) in [5.41, 5.74) is 2.01. The molecule has 0 bridgehead atoms. The number of ether oxygens (including phenoxy) is 1. The zero-order chi connectivity index (χ0) is 16.6. The molecule has 0 saturated heterocycles. The average molecular weight is 314 g/mol. The van der Waals surface area contributed by atoms with E-state index in [9.17, 15) is 5.11 Å². The molecule has 0 saturated carbocycles. The van der Waals surface area contributed by atoms with E-state index in [-0.39, 0.29) is 5.60 Å². The van der Waals surface area contributed by atoms with Gasteiger partial charge in [-0.2, -0.15) is 0 Å². The minimum Gasteiger partial charge on any atom is -0.508 e. The van der Waals surface area contributed by atoms with Crippen molar-refractivity contribution in [2.24, 2.45) is 11.8 Å². The smallest absolute Gasteiger partial charge is 0.127 e. The molecule has 126 valence electrons. The highest BCUT2D eigenvalue weighted by atomic mass is 16.5. The van der Waals surface area contributed by atoms with Gasteiger partial charge in [-0.15, -0.1) is 0 Å². The van der Waals surface area contributed by atoms with E-state index in [1.165, 1.54) is 24.8 Å². The highest BCUT2D eigenvalue weighted by Gasteiger charge is 2.45. The number of unbranched alkanes of at least 4 members (excludes halogenated alkanes) is 2. The van der Waals surface area contributed by atoms with Crippen molar-refractivity contribution in [3.05, 3.63) is 35.4 Å². The van der Waals surface area contributed by atoms with Crippen molar-refractivity contribution in [1.29, 1.82) is 0 Å². The fourth-order valence-electron chi connectivity index (χ4n) is 4.28. The zero-order valence-electron chi connectivity index (χ0n) is 14.9. The summed E-state index contributed by atoms with van der Waals surface area (Å²) in [4.78, 5) is 0. The molecule has 2 heteroatoms. The van der Waals surface area contributed by atoms with Crippen LogP contribution in [-0.4, -0.2) is 10.7 Å². The summed E-state index contributed by atoms with van der Waals surface area (Å²) in [6, 6.07) is 4.14. The molecule has 2 aliphatic rings. The van der Waals surface area contributed by atoms with E-state index >= 15 is 0 Å². The van der Waals surface area contributed by atoms with E-state index in [0.717, 1.165) is 24.2 Å². The normalized spacial score (nSPS) is 27.9. The van der Waals surface area contributed by atoms with Crippen molar-refractivity contribution >= 4 is 0 Å². The number of aromatic hydroxyl groups is 1. The van der Waals surface area contributed by atoms with Crippen LogP contribution in [0.5, 0.6) is 11.5 Å². The van der Waals surface area contributed by atoms with Gasteiger partial charge in [0.2, 0.25) is 0 Å². The largest absolute Gasteiger partial charge is 0.508 e. The van der Waals surface area contributed by atoms with Gasteiger partial charge in [0, 0.05) is 17.4 Å². The second-order valence-corrected chi connectivity index (χ2v) is 7.92. The van der Waals surface area contributed by atoms with Crippen LogP contribution < -0.4 is 4.74 Å². The second-order valence-electron chi connectivity index (χ2n) is 7.92. The van der Waals surface area contributed by atoms with Gasteiger partial charge in [-0.25, -0.2) is 0 Å². The first-order valence-corrected chi connectivity index (χ1v) is 9.15. The third kappa shape index (κ3) is 3.13. The number of hydrogen-bond acceptors (Lipinski definition) is 2. The Morgan fingerprint density at radius 1 is 1.22 bits per heavy atom. The van der Waals surface area contributed by atoms with Crippen LogP contribution in [0.4, 0.5) is 0 Å². The summed E-state index contributed by atoms with van der Waals surface area (Å²) in [6.07, 6.45) is 10.3. The molecule has 0 fully saturated rings. The van der Waals surface area contributed by atoms with Crippen LogP contribution in [0.25, 0.3) is 0 Å². The topological polar surface area (TPSA) is 29.5 Å². The second kappa shape index (κ2) is 6.22. The van der Waals surface area contributed by atoms with E-state index in [1.54, 1.807) is 0 Å². The van der Waals surface area contributed by atoms with Gasteiger partial charge in [-0.3, -0.25) is 0 Å². The summed E-state index contributed by atoms with van der Waals surface area (Å²) in [5.74, 6) is 2.59. The van der Waals surface area contributed by atoms with Gasteiger partial charge >= 0.3 is 0 Å². The highest BCUT2D eigenvalue weighted by Crippen LogP contribution is 2.53. The molecule has 3 atom stereocenters. The van der Waals surface area contributed by atoms with Crippen LogP contribution in [0.3, 0.4) is 0 Å². The third-order valence-electron chi connectivity index (χ3n) is 5.50. The molecule has 3 rings (SSSR count). The number of phenols is 1. The van der Waals surface area contributed by atoms with Gasteiger partial charge in [-0.1, -0.05) is 38.8 Å². The van der Waals surface area contributed by atoms with E-state index < -0.39 is 0 Å². The lowest BCUT2D eigenvalue weighted by molar-refractivity contribution is 0.0247. The minimum absolute atomic E-state index is 0.219. The first-order chi connectivity index (χ1) is 10.9. The Hall–Kier alpha value is -1.44. The van der Waals surface area contributed by atoms with Crippen LogP contribution in [0, 0.1) is 11.8 Å². The molecule has 0 aromatic heterocycles. The first kappa shape index (κ1) is 16.4. The third-order valence-corrected chi connectivity index (χ3v) is 5.50. The van der Waals surface area contributed by atoms with Crippen LogP contribution >= 0.6 is 0 Å². The molecule has 23 heavy (non-hydrogen) atoms. The summed E-state index contributed by atoms with van der Waals surface area (Å²) in [6.45, 7) is 8.82. The fourth-order valence-corrected chi connectivity index (χ4v) is 4.28. The van der Waals surface area contributed by atoms with E-state index in [2.05, 4.69) is 45.9 Å². The van der Waals surface area contributed by atoms with Crippen molar-refractivity contribution in [3.8, 4) is 11.5 Å². The van der Waals surface area contributed by atoms with Crippen LogP contribution in [0.1, 0.15) is 70.4 Å². The molecular weight excluding hydrogens is 284 g/mol. The number of aryl methyl sites for hydroxylation is 1. The summed E-state index contributed by atoms with van der Waals surface area (Å²) in [7, 11) is 0. The highest BCUT2D eigenvalue weighted by molar-refractivity contribution is 5.52. The van der Waals surface area contributed by atoms with Crippen molar-refractivity contribution in [1.82, 2.24) is 0 Å².